The Kier molecular flexibility index (Phi) is 9.88. The maximum absolute atomic E-state index is 11.9. The first-order chi connectivity index (χ1) is 8.90. The summed E-state index contributed by atoms with van der Waals surface area (Å²) < 4.78 is 5.12. The summed E-state index contributed by atoms with van der Waals surface area (Å²) in [6, 6.07) is 0.0913. The van der Waals surface area contributed by atoms with Crippen molar-refractivity contribution >= 4 is 5.97 Å². The van der Waals surface area contributed by atoms with E-state index in [4.69, 9.17) is 4.74 Å². The number of carbonyl (C=O) groups excluding carboxylic acids is 1. The third-order valence-electron chi connectivity index (χ3n) is 3.23. The second kappa shape index (κ2) is 10.2. The smallest absolute Gasteiger partial charge is 0.323 e. The Bertz CT molecular complexity index is 244. The molecule has 0 saturated heterocycles. The van der Waals surface area contributed by atoms with Gasteiger partial charge in [-0.3, -0.25) is 4.79 Å². The fourth-order valence-corrected chi connectivity index (χ4v) is 2.02. The van der Waals surface area contributed by atoms with E-state index in [2.05, 4.69) is 45.0 Å². The first kappa shape index (κ1) is 18.4. The van der Waals surface area contributed by atoms with Crippen molar-refractivity contribution in [3.8, 4) is 0 Å². The van der Waals surface area contributed by atoms with Crippen LogP contribution in [0.5, 0.6) is 0 Å². The summed E-state index contributed by atoms with van der Waals surface area (Å²) in [6.07, 6.45) is 1.99. The number of rotatable bonds is 10. The minimum absolute atomic E-state index is 0.131. The minimum atomic E-state index is -0.195. The highest BCUT2D eigenvalue weighted by Gasteiger charge is 2.20. The molecule has 0 radical (unpaired) electrons. The van der Waals surface area contributed by atoms with Gasteiger partial charge < -0.3 is 15.0 Å². The average Bonchev–Trinajstić information content (AvgIpc) is 2.34. The molecule has 0 aromatic rings. The standard InChI is InChI=1S/C15H32N2O2/c1-7-13(5)11-17(6)10-9-14(16-12(3)4)15(18)19-8-2/h12-14,16H,7-11H2,1-6H3. The maximum Gasteiger partial charge on any atom is 0.323 e. The lowest BCUT2D eigenvalue weighted by atomic mass is 10.1. The van der Waals surface area contributed by atoms with Crippen LogP contribution in [0.25, 0.3) is 0 Å². The molecule has 4 heteroatoms. The van der Waals surface area contributed by atoms with Crippen LogP contribution in [0.2, 0.25) is 0 Å². The molecule has 0 aliphatic heterocycles. The van der Waals surface area contributed by atoms with Crippen molar-refractivity contribution in [2.75, 3.05) is 26.7 Å². The summed E-state index contributed by atoms with van der Waals surface area (Å²) in [5.41, 5.74) is 0. The normalized spacial score (nSPS) is 14.7. The van der Waals surface area contributed by atoms with Crippen LogP contribution in [0.4, 0.5) is 0 Å². The molecule has 19 heavy (non-hydrogen) atoms. The van der Waals surface area contributed by atoms with Crippen molar-refractivity contribution < 1.29 is 9.53 Å². The molecule has 0 fully saturated rings. The third-order valence-corrected chi connectivity index (χ3v) is 3.23. The fraction of sp³-hybridized carbons (Fsp3) is 0.933. The van der Waals surface area contributed by atoms with E-state index >= 15 is 0 Å². The van der Waals surface area contributed by atoms with Gasteiger partial charge in [-0.05, 0) is 32.9 Å². The minimum Gasteiger partial charge on any atom is -0.465 e. The van der Waals surface area contributed by atoms with Crippen LogP contribution >= 0.6 is 0 Å². The fourth-order valence-electron chi connectivity index (χ4n) is 2.02. The average molecular weight is 272 g/mol. The number of esters is 1. The molecule has 0 rings (SSSR count). The molecular formula is C15H32N2O2. The summed E-state index contributed by atoms with van der Waals surface area (Å²) in [5.74, 6) is 0.567. The molecule has 0 amide bonds. The van der Waals surface area contributed by atoms with Crippen molar-refractivity contribution in [2.45, 2.75) is 59.5 Å². The molecule has 0 aromatic carbocycles. The number of nitrogens with zero attached hydrogens (tertiary/aromatic N) is 1. The lowest BCUT2D eigenvalue weighted by Crippen LogP contribution is -2.44. The zero-order chi connectivity index (χ0) is 14.8. The van der Waals surface area contributed by atoms with Gasteiger partial charge in [-0.1, -0.05) is 34.1 Å². The van der Waals surface area contributed by atoms with Crippen LogP contribution in [-0.4, -0.2) is 49.7 Å². The molecule has 114 valence electrons. The summed E-state index contributed by atoms with van der Waals surface area (Å²) >= 11 is 0. The van der Waals surface area contributed by atoms with E-state index in [1.54, 1.807) is 0 Å². The maximum atomic E-state index is 11.9. The molecule has 0 aliphatic rings. The number of carbonyl (C=O) groups is 1. The first-order valence-electron chi connectivity index (χ1n) is 7.51. The Hall–Kier alpha value is -0.610. The van der Waals surface area contributed by atoms with Gasteiger partial charge in [0.05, 0.1) is 6.61 Å². The van der Waals surface area contributed by atoms with E-state index in [0.717, 1.165) is 19.5 Å². The first-order valence-corrected chi connectivity index (χ1v) is 7.51. The van der Waals surface area contributed by atoms with Gasteiger partial charge in [-0.2, -0.15) is 0 Å². The SMILES string of the molecule is CCOC(=O)C(CCN(C)CC(C)CC)NC(C)C. The highest BCUT2D eigenvalue weighted by atomic mass is 16.5. The third kappa shape index (κ3) is 9.00. The van der Waals surface area contributed by atoms with E-state index in [9.17, 15) is 4.79 Å². The second-order valence-electron chi connectivity index (χ2n) is 5.69. The highest BCUT2D eigenvalue weighted by Crippen LogP contribution is 2.05. The van der Waals surface area contributed by atoms with Crippen LogP contribution in [0.1, 0.15) is 47.5 Å². The zero-order valence-electron chi connectivity index (χ0n) is 13.5. The van der Waals surface area contributed by atoms with Crippen molar-refractivity contribution in [2.24, 2.45) is 5.92 Å². The monoisotopic (exact) mass is 272 g/mol. The van der Waals surface area contributed by atoms with E-state index in [1.165, 1.54) is 6.42 Å². The van der Waals surface area contributed by atoms with E-state index in [0.29, 0.717) is 12.5 Å². The van der Waals surface area contributed by atoms with Gasteiger partial charge in [-0.25, -0.2) is 0 Å². The summed E-state index contributed by atoms with van der Waals surface area (Å²) in [4.78, 5) is 14.2. The number of nitrogens with one attached hydrogen (secondary N) is 1. The Morgan fingerprint density at radius 3 is 2.37 bits per heavy atom. The van der Waals surface area contributed by atoms with Gasteiger partial charge in [0.2, 0.25) is 0 Å². The number of hydrogen-bond acceptors (Lipinski definition) is 4. The van der Waals surface area contributed by atoms with Gasteiger partial charge in [0.15, 0.2) is 0 Å². The predicted molar refractivity (Wildman–Crippen MR) is 80.3 cm³/mol. The van der Waals surface area contributed by atoms with Crippen LogP contribution in [0, 0.1) is 5.92 Å². The lowest BCUT2D eigenvalue weighted by Gasteiger charge is -2.24. The van der Waals surface area contributed by atoms with Crippen molar-refractivity contribution in [1.82, 2.24) is 10.2 Å². The number of ether oxygens (including phenoxy) is 1. The van der Waals surface area contributed by atoms with Gasteiger partial charge >= 0.3 is 5.97 Å². The summed E-state index contributed by atoms with van der Waals surface area (Å²) in [7, 11) is 2.11. The second-order valence-corrected chi connectivity index (χ2v) is 5.69. The van der Waals surface area contributed by atoms with Gasteiger partial charge in [-0.15, -0.1) is 0 Å². The molecule has 1 N–H and O–H groups in total. The van der Waals surface area contributed by atoms with E-state index in [1.807, 2.05) is 6.92 Å². The van der Waals surface area contributed by atoms with Gasteiger partial charge in [0.1, 0.15) is 6.04 Å². The molecule has 0 heterocycles. The Balaban J connectivity index is 4.21. The van der Waals surface area contributed by atoms with E-state index < -0.39 is 0 Å². The van der Waals surface area contributed by atoms with Crippen molar-refractivity contribution in [1.29, 1.82) is 0 Å². The molecule has 0 aromatic heterocycles. The van der Waals surface area contributed by atoms with Crippen molar-refractivity contribution in [3.05, 3.63) is 0 Å². The predicted octanol–water partition coefficient (Wildman–Crippen LogP) is 2.28. The van der Waals surface area contributed by atoms with Crippen molar-refractivity contribution in [3.63, 3.8) is 0 Å². The molecule has 0 saturated carbocycles. The molecule has 2 atom stereocenters. The summed E-state index contributed by atoms with van der Waals surface area (Å²) in [6.45, 7) is 12.8. The lowest BCUT2D eigenvalue weighted by molar-refractivity contribution is -0.146. The Labute approximate surface area is 118 Å². The molecule has 2 unspecified atom stereocenters. The Morgan fingerprint density at radius 2 is 1.89 bits per heavy atom. The molecule has 4 nitrogen and oxygen atoms in total. The number of hydrogen-bond donors (Lipinski definition) is 1. The topological polar surface area (TPSA) is 41.6 Å². The molecule has 0 aliphatic carbocycles. The molecule has 0 bridgehead atoms. The van der Waals surface area contributed by atoms with Crippen LogP contribution in [0.15, 0.2) is 0 Å². The quantitative estimate of drug-likeness (QED) is 0.620. The zero-order valence-corrected chi connectivity index (χ0v) is 13.5. The van der Waals surface area contributed by atoms with Gasteiger partial charge in [0, 0.05) is 12.6 Å². The molecule has 0 spiro atoms. The van der Waals surface area contributed by atoms with Crippen LogP contribution < -0.4 is 5.32 Å². The summed E-state index contributed by atoms with van der Waals surface area (Å²) in [5, 5.41) is 3.29. The highest BCUT2D eigenvalue weighted by molar-refractivity contribution is 5.75. The Morgan fingerprint density at radius 1 is 1.26 bits per heavy atom. The molecular weight excluding hydrogens is 240 g/mol. The van der Waals surface area contributed by atoms with E-state index in [-0.39, 0.29) is 18.1 Å². The largest absolute Gasteiger partial charge is 0.465 e. The van der Waals surface area contributed by atoms with Crippen LogP contribution in [0.3, 0.4) is 0 Å². The van der Waals surface area contributed by atoms with Crippen LogP contribution in [-0.2, 0) is 9.53 Å². The van der Waals surface area contributed by atoms with Gasteiger partial charge in [0.25, 0.3) is 0 Å².